The predicted molar refractivity (Wildman–Crippen MR) is 95.0 cm³/mol. The van der Waals surface area contributed by atoms with E-state index in [1.54, 1.807) is 0 Å². The molecule has 4 atom stereocenters. The summed E-state index contributed by atoms with van der Waals surface area (Å²) in [6.45, 7) is 10.9. The van der Waals surface area contributed by atoms with Gasteiger partial charge in [0, 0.05) is 11.5 Å². The van der Waals surface area contributed by atoms with Gasteiger partial charge >= 0.3 is 0 Å². The van der Waals surface area contributed by atoms with Crippen LogP contribution in [-0.2, 0) is 6.42 Å². The number of aryl methyl sites for hydroxylation is 1. The standard InChI is InChI=1S/C20H28BO/c1-13(2)16-9-7-14(3)20-19(16)17-10-8-15(6-5-11-21-4)12-18(17)22-20/h8,10,12,14,16,19-20H,1,5-7,9,11H2,2-4H3. The topological polar surface area (TPSA) is 9.23 Å². The molecule has 0 N–H and O–H groups in total. The lowest BCUT2D eigenvalue weighted by atomic mass is 9.68. The van der Waals surface area contributed by atoms with Crippen LogP contribution < -0.4 is 4.74 Å². The number of fused-ring (bicyclic) bond motifs is 3. The monoisotopic (exact) mass is 295 g/mol. The quantitative estimate of drug-likeness (QED) is 0.409. The molecule has 1 heterocycles. The molecule has 0 aromatic heterocycles. The normalized spacial score (nSPS) is 29.4. The van der Waals surface area contributed by atoms with Crippen molar-refractivity contribution >= 4 is 7.28 Å². The first kappa shape index (κ1) is 15.7. The lowest BCUT2D eigenvalue weighted by Gasteiger charge is -2.37. The van der Waals surface area contributed by atoms with Gasteiger partial charge in [0.15, 0.2) is 0 Å². The largest absolute Gasteiger partial charge is 0.489 e. The Morgan fingerprint density at radius 1 is 1.36 bits per heavy atom. The van der Waals surface area contributed by atoms with E-state index in [4.69, 9.17) is 4.74 Å². The molecule has 0 bridgehead atoms. The van der Waals surface area contributed by atoms with Crippen LogP contribution in [0.25, 0.3) is 0 Å². The van der Waals surface area contributed by atoms with Crippen LogP contribution in [0.1, 0.15) is 50.2 Å². The fourth-order valence-corrected chi connectivity index (χ4v) is 4.27. The van der Waals surface area contributed by atoms with Gasteiger partial charge in [0.25, 0.3) is 0 Å². The molecule has 0 saturated heterocycles. The van der Waals surface area contributed by atoms with Gasteiger partial charge in [-0.05, 0) is 49.7 Å². The van der Waals surface area contributed by atoms with Crippen LogP contribution in [0.15, 0.2) is 30.4 Å². The first-order valence-electron chi connectivity index (χ1n) is 8.84. The highest BCUT2D eigenvalue weighted by atomic mass is 16.5. The van der Waals surface area contributed by atoms with E-state index < -0.39 is 0 Å². The average Bonchev–Trinajstić information content (AvgIpc) is 2.87. The average molecular weight is 295 g/mol. The van der Waals surface area contributed by atoms with Crippen LogP contribution in [-0.4, -0.2) is 13.4 Å². The van der Waals surface area contributed by atoms with Crippen molar-refractivity contribution < 1.29 is 4.74 Å². The Morgan fingerprint density at radius 3 is 2.91 bits per heavy atom. The third-order valence-corrected chi connectivity index (χ3v) is 5.57. The van der Waals surface area contributed by atoms with Crippen LogP contribution in [0.5, 0.6) is 5.75 Å². The fraction of sp³-hybridized carbons (Fsp3) is 0.600. The maximum absolute atomic E-state index is 6.40. The first-order chi connectivity index (χ1) is 10.6. The number of hydrogen-bond acceptors (Lipinski definition) is 1. The van der Waals surface area contributed by atoms with E-state index in [2.05, 4.69) is 52.7 Å². The molecule has 22 heavy (non-hydrogen) atoms. The van der Waals surface area contributed by atoms with Crippen molar-refractivity contribution in [2.45, 2.75) is 64.7 Å². The highest BCUT2D eigenvalue weighted by Gasteiger charge is 2.45. The minimum Gasteiger partial charge on any atom is -0.489 e. The number of benzene rings is 1. The minimum absolute atomic E-state index is 0.352. The molecule has 2 aliphatic rings. The third kappa shape index (κ3) is 2.85. The Balaban J connectivity index is 1.84. The summed E-state index contributed by atoms with van der Waals surface area (Å²) in [5.41, 5.74) is 4.16. The van der Waals surface area contributed by atoms with Gasteiger partial charge in [0.05, 0.1) is 0 Å². The molecule has 2 heteroatoms. The Bertz CT molecular complexity index is 551. The van der Waals surface area contributed by atoms with Crippen LogP contribution in [0.3, 0.4) is 0 Å². The van der Waals surface area contributed by atoms with Gasteiger partial charge in [-0.25, -0.2) is 0 Å². The molecule has 117 valence electrons. The highest BCUT2D eigenvalue weighted by Crippen LogP contribution is 2.52. The van der Waals surface area contributed by atoms with Crippen LogP contribution >= 0.6 is 0 Å². The molecule has 1 radical (unpaired) electrons. The molecular formula is C20H28BO. The Kier molecular flexibility index (Phi) is 4.66. The second kappa shape index (κ2) is 6.52. The van der Waals surface area contributed by atoms with Crippen molar-refractivity contribution in [3.05, 3.63) is 41.5 Å². The molecule has 1 fully saturated rings. The van der Waals surface area contributed by atoms with Gasteiger partial charge in [-0.3, -0.25) is 0 Å². The molecule has 1 nitrogen and oxygen atoms in total. The van der Waals surface area contributed by atoms with E-state index in [9.17, 15) is 0 Å². The zero-order valence-corrected chi connectivity index (χ0v) is 14.3. The molecule has 1 aromatic rings. The molecule has 4 unspecified atom stereocenters. The lowest BCUT2D eigenvalue weighted by Crippen LogP contribution is -2.36. The molecule has 1 aliphatic carbocycles. The smallest absolute Gasteiger partial charge is 0.123 e. The summed E-state index contributed by atoms with van der Waals surface area (Å²) < 4.78 is 6.40. The van der Waals surface area contributed by atoms with E-state index in [1.165, 1.54) is 42.3 Å². The van der Waals surface area contributed by atoms with Crippen molar-refractivity contribution in [1.29, 1.82) is 0 Å². The van der Waals surface area contributed by atoms with Gasteiger partial charge in [0.2, 0.25) is 0 Å². The number of rotatable bonds is 5. The summed E-state index contributed by atoms with van der Waals surface area (Å²) in [4.78, 5) is 0. The van der Waals surface area contributed by atoms with E-state index >= 15 is 0 Å². The first-order valence-corrected chi connectivity index (χ1v) is 8.84. The summed E-state index contributed by atoms with van der Waals surface area (Å²) >= 11 is 0. The van der Waals surface area contributed by atoms with Crippen LogP contribution in [0, 0.1) is 11.8 Å². The van der Waals surface area contributed by atoms with Gasteiger partial charge in [0.1, 0.15) is 19.1 Å². The Labute approximate surface area is 136 Å². The van der Waals surface area contributed by atoms with E-state index in [-0.39, 0.29) is 0 Å². The second-order valence-electron chi connectivity index (χ2n) is 7.29. The van der Waals surface area contributed by atoms with E-state index in [1.807, 2.05) is 0 Å². The van der Waals surface area contributed by atoms with Crippen molar-refractivity contribution in [3.8, 4) is 5.75 Å². The second-order valence-corrected chi connectivity index (χ2v) is 7.29. The van der Waals surface area contributed by atoms with Gasteiger partial charge in [-0.1, -0.05) is 50.8 Å². The molecule has 0 spiro atoms. The molecule has 1 aliphatic heterocycles. The number of allylic oxidation sites excluding steroid dienone is 1. The molecule has 0 amide bonds. The van der Waals surface area contributed by atoms with Gasteiger partial charge in [-0.2, -0.15) is 0 Å². The van der Waals surface area contributed by atoms with Gasteiger partial charge < -0.3 is 4.74 Å². The summed E-state index contributed by atoms with van der Waals surface area (Å²) in [6, 6.07) is 6.94. The van der Waals surface area contributed by atoms with E-state index in [0.717, 1.165) is 12.2 Å². The van der Waals surface area contributed by atoms with Crippen molar-refractivity contribution in [1.82, 2.24) is 0 Å². The maximum atomic E-state index is 6.40. The fourth-order valence-electron chi connectivity index (χ4n) is 4.27. The zero-order valence-electron chi connectivity index (χ0n) is 14.3. The Morgan fingerprint density at radius 2 is 2.18 bits per heavy atom. The van der Waals surface area contributed by atoms with E-state index in [0.29, 0.717) is 23.9 Å². The minimum atomic E-state index is 0.352. The number of ether oxygens (including phenoxy) is 1. The molecule has 1 saturated carbocycles. The van der Waals surface area contributed by atoms with Crippen molar-refractivity contribution in [2.24, 2.45) is 11.8 Å². The van der Waals surface area contributed by atoms with Crippen LogP contribution in [0.4, 0.5) is 0 Å². The Hall–Kier alpha value is -1.18. The van der Waals surface area contributed by atoms with Gasteiger partial charge in [-0.15, -0.1) is 0 Å². The maximum Gasteiger partial charge on any atom is 0.123 e. The van der Waals surface area contributed by atoms with Crippen molar-refractivity contribution in [3.63, 3.8) is 0 Å². The SMILES string of the molecule is C=C(C)C1CCC(C)C2Oc3cc(CCC[B]C)ccc3C12. The predicted octanol–water partition coefficient (Wildman–Crippen LogP) is 5.26. The zero-order chi connectivity index (χ0) is 15.7. The summed E-state index contributed by atoms with van der Waals surface area (Å²) in [7, 11) is 2.25. The summed E-state index contributed by atoms with van der Waals surface area (Å²) in [5, 5.41) is 0. The lowest BCUT2D eigenvalue weighted by molar-refractivity contribution is 0.0867. The highest BCUT2D eigenvalue weighted by molar-refractivity contribution is 6.33. The molecular weight excluding hydrogens is 267 g/mol. The summed E-state index contributed by atoms with van der Waals surface area (Å²) in [6.07, 6.45) is 6.44. The third-order valence-electron chi connectivity index (χ3n) is 5.57. The van der Waals surface area contributed by atoms with Crippen LogP contribution in [0.2, 0.25) is 13.1 Å². The summed E-state index contributed by atoms with van der Waals surface area (Å²) in [5.74, 6) is 2.90. The number of hydrogen-bond donors (Lipinski definition) is 0. The molecule has 1 aromatic carbocycles. The van der Waals surface area contributed by atoms with Crippen molar-refractivity contribution in [2.75, 3.05) is 0 Å². The molecule has 3 rings (SSSR count).